The summed E-state index contributed by atoms with van der Waals surface area (Å²) in [5, 5.41) is 10.4. The van der Waals surface area contributed by atoms with Crippen LogP contribution in [0.3, 0.4) is 0 Å². The molecule has 2 aliphatic rings. The van der Waals surface area contributed by atoms with Gasteiger partial charge < -0.3 is 25.4 Å². The first-order chi connectivity index (χ1) is 16.2. The smallest absolute Gasteiger partial charge is 0.307 e. The summed E-state index contributed by atoms with van der Waals surface area (Å²) in [7, 11) is 0. The maximum absolute atomic E-state index is 12.1. The number of carbonyl (C=O) groups is 1. The second kappa shape index (κ2) is 12.0. The van der Waals surface area contributed by atoms with Crippen molar-refractivity contribution in [2.24, 2.45) is 0 Å². The van der Waals surface area contributed by atoms with Gasteiger partial charge in [0, 0.05) is 37.8 Å². The van der Waals surface area contributed by atoms with E-state index in [1.54, 1.807) is 0 Å². The fourth-order valence-corrected chi connectivity index (χ4v) is 4.46. The summed E-state index contributed by atoms with van der Waals surface area (Å²) in [5.74, 6) is 1.82. The van der Waals surface area contributed by atoms with Crippen LogP contribution in [0, 0.1) is 0 Å². The summed E-state index contributed by atoms with van der Waals surface area (Å²) in [6.45, 7) is 6.52. The van der Waals surface area contributed by atoms with Crippen LogP contribution in [-0.4, -0.2) is 50.3 Å². The van der Waals surface area contributed by atoms with Crippen LogP contribution in [0.5, 0.6) is 5.75 Å². The number of aromatic nitrogens is 1. The van der Waals surface area contributed by atoms with Gasteiger partial charge in [-0.25, -0.2) is 4.98 Å². The largest absolute Gasteiger partial charge is 0.493 e. The number of ether oxygens (including phenoxy) is 2. The van der Waals surface area contributed by atoms with Gasteiger partial charge in [0.1, 0.15) is 11.6 Å². The first kappa shape index (κ1) is 23.5. The van der Waals surface area contributed by atoms with Crippen molar-refractivity contribution in [3.8, 4) is 5.75 Å². The summed E-state index contributed by atoms with van der Waals surface area (Å²) >= 11 is 0. The number of hydrogen-bond donors (Lipinski definition) is 3. The number of carbonyl (C=O) groups excluding carboxylic acids is 1. The monoisotopic (exact) mass is 452 g/mol. The van der Waals surface area contributed by atoms with Crippen LogP contribution < -0.4 is 20.7 Å². The molecule has 3 N–H and O–H groups in total. The van der Waals surface area contributed by atoms with Gasteiger partial charge >= 0.3 is 5.97 Å². The third-order valence-electron chi connectivity index (χ3n) is 6.23. The Morgan fingerprint density at radius 2 is 2.09 bits per heavy atom. The maximum Gasteiger partial charge on any atom is 0.307 e. The highest BCUT2D eigenvalue weighted by Gasteiger charge is 2.20. The highest BCUT2D eigenvalue weighted by Crippen LogP contribution is 2.29. The molecule has 0 fully saturated rings. The minimum Gasteiger partial charge on any atom is -0.493 e. The molecule has 0 unspecified atom stereocenters. The second-order valence-electron chi connectivity index (χ2n) is 8.68. The Balaban J connectivity index is 1.20. The predicted octanol–water partition coefficient (Wildman–Crippen LogP) is 3.18. The molecule has 1 atom stereocenters. The van der Waals surface area contributed by atoms with Crippen molar-refractivity contribution < 1.29 is 14.3 Å². The molecule has 7 nitrogen and oxygen atoms in total. The molecule has 0 saturated carbocycles. The van der Waals surface area contributed by atoms with Crippen LogP contribution in [0.25, 0.3) is 0 Å². The van der Waals surface area contributed by atoms with Gasteiger partial charge in [0.05, 0.1) is 19.6 Å². The van der Waals surface area contributed by atoms with E-state index in [1.807, 2.05) is 6.92 Å². The van der Waals surface area contributed by atoms with Gasteiger partial charge in [0.25, 0.3) is 0 Å². The quantitative estimate of drug-likeness (QED) is 0.337. The lowest BCUT2D eigenvalue weighted by Gasteiger charge is -2.19. The lowest BCUT2D eigenvalue weighted by molar-refractivity contribution is -0.143. The Bertz CT molecular complexity index is 934. The zero-order valence-electron chi connectivity index (χ0n) is 19.6. The number of nitrogens with zero attached hydrogens (tertiary/aromatic N) is 1. The van der Waals surface area contributed by atoms with Crippen molar-refractivity contribution in [3.05, 3.63) is 52.7 Å². The topological polar surface area (TPSA) is 84.5 Å². The van der Waals surface area contributed by atoms with Gasteiger partial charge in [-0.2, -0.15) is 0 Å². The first-order valence-electron chi connectivity index (χ1n) is 12.3. The standard InChI is InChI=1S/C26H36N4O3/c1-2-32-25(31)18-23(21-8-7-19-11-16-33-24(19)17-21)28-15-14-27-12-4-6-22-10-9-20-5-3-13-29-26(20)30-22/h7-10,17,23,27-28H,2-6,11-16,18H2,1H3,(H,29,30)/t23-/m0/s1. The summed E-state index contributed by atoms with van der Waals surface area (Å²) < 4.78 is 10.9. The average molecular weight is 453 g/mol. The van der Waals surface area contributed by atoms with E-state index in [9.17, 15) is 4.79 Å². The van der Waals surface area contributed by atoms with E-state index >= 15 is 0 Å². The highest BCUT2D eigenvalue weighted by atomic mass is 16.5. The van der Waals surface area contributed by atoms with E-state index in [0.29, 0.717) is 13.0 Å². The zero-order valence-corrected chi connectivity index (χ0v) is 19.6. The number of pyridine rings is 1. The summed E-state index contributed by atoms with van der Waals surface area (Å²) in [4.78, 5) is 16.9. The van der Waals surface area contributed by atoms with Crippen molar-refractivity contribution in [2.75, 3.05) is 44.7 Å². The Morgan fingerprint density at radius 3 is 3.00 bits per heavy atom. The van der Waals surface area contributed by atoms with Gasteiger partial charge in [0.2, 0.25) is 0 Å². The minimum atomic E-state index is -0.184. The Morgan fingerprint density at radius 1 is 1.18 bits per heavy atom. The van der Waals surface area contributed by atoms with Gasteiger partial charge in [-0.05, 0) is 68.0 Å². The number of esters is 1. The SMILES string of the molecule is CCOC(=O)C[C@H](NCCNCCCc1ccc2c(n1)NCCC2)c1ccc2c(c1)OCC2. The summed E-state index contributed by atoms with van der Waals surface area (Å²) in [6.07, 6.45) is 5.58. The van der Waals surface area contributed by atoms with Crippen LogP contribution >= 0.6 is 0 Å². The lowest BCUT2D eigenvalue weighted by atomic mass is 10.0. The van der Waals surface area contributed by atoms with Crippen LogP contribution in [0.2, 0.25) is 0 Å². The van der Waals surface area contributed by atoms with Crippen molar-refractivity contribution in [1.82, 2.24) is 15.6 Å². The van der Waals surface area contributed by atoms with Crippen LogP contribution in [-0.2, 0) is 28.8 Å². The van der Waals surface area contributed by atoms with Gasteiger partial charge in [-0.15, -0.1) is 0 Å². The Kier molecular flexibility index (Phi) is 8.55. The number of rotatable bonds is 12. The second-order valence-corrected chi connectivity index (χ2v) is 8.68. The normalized spacial score (nSPS) is 15.2. The number of aryl methyl sites for hydroxylation is 2. The van der Waals surface area contributed by atoms with E-state index < -0.39 is 0 Å². The lowest BCUT2D eigenvalue weighted by Crippen LogP contribution is -2.32. The minimum absolute atomic E-state index is 0.0902. The van der Waals surface area contributed by atoms with E-state index in [1.165, 1.54) is 17.5 Å². The molecule has 0 radical (unpaired) electrons. The predicted molar refractivity (Wildman–Crippen MR) is 130 cm³/mol. The molecule has 0 amide bonds. The molecule has 0 spiro atoms. The molecule has 0 aliphatic carbocycles. The molecule has 1 aromatic carbocycles. The van der Waals surface area contributed by atoms with E-state index in [2.05, 4.69) is 46.3 Å². The molecule has 0 saturated heterocycles. The fourth-order valence-electron chi connectivity index (χ4n) is 4.46. The van der Waals surface area contributed by atoms with Crippen molar-refractivity contribution in [1.29, 1.82) is 0 Å². The first-order valence-corrected chi connectivity index (χ1v) is 12.3. The molecule has 4 rings (SSSR count). The average Bonchev–Trinajstić information content (AvgIpc) is 3.31. The van der Waals surface area contributed by atoms with Crippen molar-refractivity contribution in [2.45, 2.75) is 51.5 Å². The van der Waals surface area contributed by atoms with Gasteiger partial charge in [-0.3, -0.25) is 4.79 Å². The third-order valence-corrected chi connectivity index (χ3v) is 6.23. The zero-order chi connectivity index (χ0) is 22.9. The Labute approximate surface area is 196 Å². The number of fused-ring (bicyclic) bond motifs is 2. The molecule has 7 heteroatoms. The molecule has 33 heavy (non-hydrogen) atoms. The molecule has 3 heterocycles. The number of anilines is 1. The number of hydrogen-bond acceptors (Lipinski definition) is 7. The van der Waals surface area contributed by atoms with Crippen LogP contribution in [0.15, 0.2) is 30.3 Å². The fraction of sp³-hybridized carbons (Fsp3) is 0.538. The number of nitrogens with one attached hydrogen (secondary N) is 3. The molecule has 2 aliphatic heterocycles. The molecule has 0 bridgehead atoms. The molecular formula is C26H36N4O3. The highest BCUT2D eigenvalue weighted by molar-refractivity contribution is 5.70. The van der Waals surface area contributed by atoms with Crippen LogP contribution in [0.4, 0.5) is 5.82 Å². The van der Waals surface area contributed by atoms with E-state index in [4.69, 9.17) is 14.5 Å². The summed E-state index contributed by atoms with van der Waals surface area (Å²) in [5.41, 5.74) is 4.79. The molecule has 178 valence electrons. The van der Waals surface area contributed by atoms with E-state index in [0.717, 1.165) is 81.3 Å². The van der Waals surface area contributed by atoms with Gasteiger partial charge in [0.15, 0.2) is 0 Å². The van der Waals surface area contributed by atoms with Gasteiger partial charge in [-0.1, -0.05) is 18.2 Å². The molecular weight excluding hydrogens is 416 g/mol. The van der Waals surface area contributed by atoms with Crippen molar-refractivity contribution >= 4 is 11.8 Å². The van der Waals surface area contributed by atoms with Crippen molar-refractivity contribution in [3.63, 3.8) is 0 Å². The molecule has 1 aromatic heterocycles. The van der Waals surface area contributed by atoms with E-state index in [-0.39, 0.29) is 12.0 Å². The van der Waals surface area contributed by atoms with Crippen LogP contribution in [0.1, 0.15) is 54.6 Å². The molecule has 2 aromatic rings. The Hall–Kier alpha value is -2.64. The number of benzene rings is 1. The third kappa shape index (κ3) is 6.68. The maximum atomic E-state index is 12.1. The summed E-state index contributed by atoms with van der Waals surface area (Å²) in [6, 6.07) is 10.6.